The molecule has 0 unspecified atom stereocenters. The van der Waals surface area contributed by atoms with Gasteiger partial charge in [-0.15, -0.1) is 0 Å². The Balaban J connectivity index is 2.89. The van der Waals surface area contributed by atoms with Gasteiger partial charge in [-0.1, -0.05) is 24.3 Å². The molecule has 64 valence electrons. The number of rotatable bonds is 3. The molecule has 0 saturated heterocycles. The fourth-order valence-electron chi connectivity index (χ4n) is 1.05. The molecule has 1 aromatic carbocycles. The van der Waals surface area contributed by atoms with E-state index in [4.69, 9.17) is 5.73 Å². The van der Waals surface area contributed by atoms with Crippen LogP contribution in [-0.2, 0) is 13.1 Å². The van der Waals surface area contributed by atoms with Gasteiger partial charge in [-0.25, -0.2) is 0 Å². The molecule has 0 aliphatic rings. The fraction of sp³-hybridized carbons (Fsp3) is 0.250. The second-order valence-corrected chi connectivity index (χ2v) is 2.46. The van der Waals surface area contributed by atoms with Gasteiger partial charge in [0.15, 0.2) is 0 Å². The zero-order valence-electron chi connectivity index (χ0n) is 6.56. The first-order valence-electron chi connectivity index (χ1n) is 3.62. The van der Waals surface area contributed by atoms with Crippen molar-refractivity contribution >= 4 is 0 Å². The Kier molecular flexibility index (Phi) is 2.76. The highest BCUT2D eigenvalue weighted by Gasteiger charge is 2.04. The van der Waals surface area contributed by atoms with E-state index in [1.165, 1.54) is 0 Å². The average Bonchev–Trinajstić information content (AvgIpc) is 2.04. The number of nitro groups is 1. The van der Waals surface area contributed by atoms with E-state index < -0.39 is 0 Å². The van der Waals surface area contributed by atoms with Crippen LogP contribution in [0.5, 0.6) is 0 Å². The normalized spacial score (nSPS) is 9.75. The van der Waals surface area contributed by atoms with Crippen LogP contribution in [0.1, 0.15) is 11.1 Å². The van der Waals surface area contributed by atoms with Crippen LogP contribution in [0.15, 0.2) is 24.3 Å². The van der Waals surface area contributed by atoms with Gasteiger partial charge in [-0.05, 0) is 5.56 Å². The van der Waals surface area contributed by atoms with Crippen LogP contribution in [0, 0.1) is 10.1 Å². The topological polar surface area (TPSA) is 69.2 Å². The first-order valence-corrected chi connectivity index (χ1v) is 3.62. The molecule has 0 aliphatic carbocycles. The van der Waals surface area contributed by atoms with Crippen LogP contribution in [0.3, 0.4) is 0 Å². The number of hydrogen-bond donors (Lipinski definition) is 1. The van der Waals surface area contributed by atoms with E-state index >= 15 is 0 Å². The number of nitrogens with zero attached hydrogens (tertiary/aromatic N) is 1. The van der Waals surface area contributed by atoms with Crippen molar-refractivity contribution in [1.82, 2.24) is 0 Å². The molecule has 4 heteroatoms. The molecule has 0 fully saturated rings. The van der Waals surface area contributed by atoms with Crippen molar-refractivity contribution in [3.63, 3.8) is 0 Å². The van der Waals surface area contributed by atoms with E-state index in [2.05, 4.69) is 0 Å². The lowest BCUT2D eigenvalue weighted by molar-refractivity contribution is -0.496. The van der Waals surface area contributed by atoms with Crippen LogP contribution < -0.4 is 5.73 Å². The first kappa shape index (κ1) is 8.67. The zero-order chi connectivity index (χ0) is 8.97. The van der Waals surface area contributed by atoms with Gasteiger partial charge >= 0.3 is 0 Å². The Morgan fingerprint density at radius 1 is 1.33 bits per heavy atom. The summed E-state index contributed by atoms with van der Waals surface area (Å²) in [4.78, 5) is 9.85. The third-order valence-electron chi connectivity index (χ3n) is 1.64. The highest BCUT2D eigenvalue weighted by Crippen LogP contribution is 2.08. The van der Waals surface area contributed by atoms with Gasteiger partial charge in [-0.3, -0.25) is 10.1 Å². The van der Waals surface area contributed by atoms with Crippen molar-refractivity contribution in [3.05, 3.63) is 45.5 Å². The lowest BCUT2D eigenvalue weighted by Gasteiger charge is -2.01. The minimum Gasteiger partial charge on any atom is -0.326 e. The SMILES string of the molecule is NCc1ccccc1C[N+](=O)[O-]. The predicted molar refractivity (Wildman–Crippen MR) is 45.0 cm³/mol. The zero-order valence-corrected chi connectivity index (χ0v) is 6.56. The Bertz CT molecular complexity index is 286. The molecule has 0 heterocycles. The average molecular weight is 166 g/mol. The van der Waals surface area contributed by atoms with Crippen molar-refractivity contribution in [2.24, 2.45) is 5.73 Å². The summed E-state index contributed by atoms with van der Waals surface area (Å²) in [5.41, 5.74) is 6.94. The minimum absolute atomic E-state index is 0.145. The summed E-state index contributed by atoms with van der Waals surface area (Å²) >= 11 is 0. The van der Waals surface area contributed by atoms with Crippen LogP contribution in [0.4, 0.5) is 0 Å². The van der Waals surface area contributed by atoms with Gasteiger partial charge in [0.2, 0.25) is 6.54 Å². The highest BCUT2D eigenvalue weighted by molar-refractivity contribution is 5.25. The minimum atomic E-state index is -0.353. The Morgan fingerprint density at radius 2 is 1.92 bits per heavy atom. The molecule has 0 bridgehead atoms. The van der Waals surface area contributed by atoms with Crippen LogP contribution in [-0.4, -0.2) is 4.92 Å². The molecule has 0 atom stereocenters. The van der Waals surface area contributed by atoms with Gasteiger partial charge < -0.3 is 5.73 Å². The number of benzene rings is 1. The monoisotopic (exact) mass is 166 g/mol. The second kappa shape index (κ2) is 3.82. The van der Waals surface area contributed by atoms with Gasteiger partial charge in [0.25, 0.3) is 0 Å². The molecule has 1 rings (SSSR count). The molecule has 12 heavy (non-hydrogen) atoms. The number of nitrogens with two attached hydrogens (primary N) is 1. The van der Waals surface area contributed by atoms with Crippen molar-refractivity contribution in [3.8, 4) is 0 Å². The van der Waals surface area contributed by atoms with Gasteiger partial charge in [0.05, 0.1) is 0 Å². The maximum atomic E-state index is 10.2. The van der Waals surface area contributed by atoms with Crippen LogP contribution in [0.2, 0.25) is 0 Å². The molecule has 0 aliphatic heterocycles. The van der Waals surface area contributed by atoms with E-state index in [1.807, 2.05) is 6.07 Å². The Morgan fingerprint density at radius 3 is 2.42 bits per heavy atom. The van der Waals surface area contributed by atoms with Crippen LogP contribution >= 0.6 is 0 Å². The van der Waals surface area contributed by atoms with E-state index in [9.17, 15) is 10.1 Å². The van der Waals surface area contributed by atoms with Gasteiger partial charge in [-0.2, -0.15) is 0 Å². The summed E-state index contributed by atoms with van der Waals surface area (Å²) in [6.45, 7) is 0.206. The van der Waals surface area contributed by atoms with Gasteiger partial charge in [0, 0.05) is 17.0 Å². The molecule has 0 saturated carbocycles. The van der Waals surface area contributed by atoms with Crippen molar-refractivity contribution in [2.45, 2.75) is 13.1 Å². The molecule has 0 spiro atoms. The molecule has 4 nitrogen and oxygen atoms in total. The standard InChI is InChI=1S/C8H10N2O2/c9-5-7-3-1-2-4-8(7)6-10(11)12/h1-4H,5-6,9H2. The lowest BCUT2D eigenvalue weighted by Crippen LogP contribution is -2.05. The van der Waals surface area contributed by atoms with E-state index in [1.54, 1.807) is 18.2 Å². The van der Waals surface area contributed by atoms with Crippen molar-refractivity contribution < 1.29 is 4.92 Å². The molecular weight excluding hydrogens is 156 g/mol. The van der Waals surface area contributed by atoms with E-state index in [0.717, 1.165) is 5.56 Å². The highest BCUT2D eigenvalue weighted by atomic mass is 16.6. The van der Waals surface area contributed by atoms with E-state index in [0.29, 0.717) is 12.1 Å². The summed E-state index contributed by atoms with van der Waals surface area (Å²) in [6, 6.07) is 7.13. The number of hydrogen-bond acceptors (Lipinski definition) is 3. The second-order valence-electron chi connectivity index (χ2n) is 2.46. The molecule has 1 aromatic rings. The third kappa shape index (κ3) is 2.03. The summed E-state index contributed by atoms with van der Waals surface area (Å²) in [7, 11) is 0. The summed E-state index contributed by atoms with van der Waals surface area (Å²) < 4.78 is 0. The maximum absolute atomic E-state index is 10.2. The molecule has 0 aromatic heterocycles. The van der Waals surface area contributed by atoms with Crippen LogP contribution in [0.25, 0.3) is 0 Å². The van der Waals surface area contributed by atoms with E-state index in [-0.39, 0.29) is 11.5 Å². The predicted octanol–water partition coefficient (Wildman–Crippen LogP) is 0.922. The van der Waals surface area contributed by atoms with Crippen molar-refractivity contribution in [2.75, 3.05) is 0 Å². The quantitative estimate of drug-likeness (QED) is 0.536. The molecule has 2 N–H and O–H groups in total. The maximum Gasteiger partial charge on any atom is 0.229 e. The summed E-state index contributed by atoms with van der Waals surface area (Å²) in [6.07, 6.45) is 0. The smallest absolute Gasteiger partial charge is 0.229 e. The molecule has 0 amide bonds. The molecular formula is C8H10N2O2. The van der Waals surface area contributed by atoms with Gasteiger partial charge in [0.1, 0.15) is 0 Å². The summed E-state index contributed by atoms with van der Waals surface area (Å²) in [5, 5.41) is 10.2. The Hall–Kier alpha value is -1.42. The van der Waals surface area contributed by atoms with Crippen molar-refractivity contribution in [1.29, 1.82) is 0 Å². The fourth-order valence-corrected chi connectivity index (χ4v) is 1.05. The largest absolute Gasteiger partial charge is 0.326 e. The first-order chi connectivity index (χ1) is 5.74. The summed E-state index contributed by atoms with van der Waals surface area (Å²) in [5.74, 6) is 0. The third-order valence-corrected chi connectivity index (χ3v) is 1.64. The Labute approximate surface area is 70.2 Å². The lowest BCUT2D eigenvalue weighted by atomic mass is 10.1. The molecule has 0 radical (unpaired) electrons.